The van der Waals surface area contributed by atoms with Crippen LogP contribution in [0.3, 0.4) is 0 Å². The second-order valence-corrected chi connectivity index (χ2v) is 7.81. The number of amides is 1. The molecule has 33 heavy (non-hydrogen) atoms. The van der Waals surface area contributed by atoms with Gasteiger partial charge in [0, 0.05) is 24.5 Å². The monoisotopic (exact) mass is 440 g/mol. The van der Waals surface area contributed by atoms with Gasteiger partial charge in [0.25, 0.3) is 11.5 Å². The summed E-state index contributed by atoms with van der Waals surface area (Å²) in [5, 5.41) is 3.34. The molecule has 1 N–H and O–H groups in total. The van der Waals surface area contributed by atoms with Crippen molar-refractivity contribution >= 4 is 16.8 Å². The number of carbonyl (C=O) groups is 1. The van der Waals surface area contributed by atoms with Crippen molar-refractivity contribution in [3.8, 4) is 11.4 Å². The number of benzene rings is 2. The molecule has 166 valence electrons. The number of hydrogen-bond acceptors (Lipinski definition) is 5. The summed E-state index contributed by atoms with van der Waals surface area (Å²) in [6.45, 7) is 8.27. The Morgan fingerprint density at radius 2 is 1.82 bits per heavy atom. The Morgan fingerprint density at radius 3 is 2.52 bits per heavy atom. The maximum Gasteiger partial charge on any atom is 0.266 e. The molecule has 0 fully saturated rings. The van der Waals surface area contributed by atoms with Crippen LogP contribution >= 0.6 is 0 Å². The van der Waals surface area contributed by atoms with Gasteiger partial charge < -0.3 is 10.1 Å². The fourth-order valence-electron chi connectivity index (χ4n) is 3.42. The van der Waals surface area contributed by atoms with Crippen LogP contribution in [0.4, 0.5) is 0 Å². The number of carbonyl (C=O) groups excluding carboxylic acids is 1. The van der Waals surface area contributed by atoms with Gasteiger partial charge in [-0.15, -0.1) is 0 Å². The normalized spacial score (nSPS) is 10.7. The van der Waals surface area contributed by atoms with Crippen molar-refractivity contribution in [1.29, 1.82) is 0 Å². The Bertz CT molecular complexity index is 1380. The zero-order chi connectivity index (χ0) is 23.4. The molecule has 0 atom stereocenters. The summed E-state index contributed by atoms with van der Waals surface area (Å²) < 4.78 is 7.21. The van der Waals surface area contributed by atoms with Crippen molar-refractivity contribution in [2.45, 2.75) is 20.4 Å². The molecule has 0 unspecified atom stereocenters. The Balaban J connectivity index is 1.59. The van der Waals surface area contributed by atoms with Crippen LogP contribution in [-0.4, -0.2) is 27.0 Å². The first-order valence-electron chi connectivity index (χ1n) is 10.5. The second-order valence-electron chi connectivity index (χ2n) is 7.81. The third kappa shape index (κ3) is 4.98. The van der Waals surface area contributed by atoms with Gasteiger partial charge in [0.15, 0.2) is 0 Å². The molecule has 2 aromatic carbocycles. The molecule has 2 heterocycles. The van der Waals surface area contributed by atoms with E-state index in [1.807, 2.05) is 19.1 Å². The third-order valence-electron chi connectivity index (χ3n) is 5.08. The van der Waals surface area contributed by atoms with E-state index in [4.69, 9.17) is 4.74 Å². The van der Waals surface area contributed by atoms with E-state index in [0.717, 1.165) is 11.1 Å². The summed E-state index contributed by atoms with van der Waals surface area (Å²) in [4.78, 5) is 34.3. The van der Waals surface area contributed by atoms with Crippen LogP contribution in [0.2, 0.25) is 0 Å². The van der Waals surface area contributed by atoms with Gasteiger partial charge in [-0.3, -0.25) is 19.1 Å². The molecule has 4 aromatic rings. The zero-order valence-corrected chi connectivity index (χ0v) is 18.5. The highest BCUT2D eigenvalue weighted by Crippen LogP contribution is 2.19. The minimum absolute atomic E-state index is 0.196. The van der Waals surface area contributed by atoms with Gasteiger partial charge in [-0.1, -0.05) is 6.58 Å². The molecule has 0 aliphatic rings. The Hall–Kier alpha value is -4.26. The standard InChI is InChI=1S/C26H24N4O3/c1-17(2)16-33-22-8-9-24-23(14-22)26(32)30(18(3)29-24)21-6-4-20(5-7-21)25(31)28-15-19-10-12-27-13-11-19/h4-14H,1,15-16H2,2-3H3,(H,28,31). The molecule has 0 spiro atoms. The van der Waals surface area contributed by atoms with Crippen molar-refractivity contribution in [3.63, 3.8) is 0 Å². The van der Waals surface area contributed by atoms with E-state index in [9.17, 15) is 9.59 Å². The Kier molecular flexibility index (Phi) is 6.31. The number of aromatic nitrogens is 3. The molecule has 0 aliphatic heterocycles. The molecular formula is C26H24N4O3. The lowest BCUT2D eigenvalue weighted by atomic mass is 10.1. The molecule has 7 heteroatoms. The highest BCUT2D eigenvalue weighted by atomic mass is 16.5. The summed E-state index contributed by atoms with van der Waals surface area (Å²) in [5.74, 6) is 0.942. The van der Waals surface area contributed by atoms with Crippen molar-refractivity contribution in [1.82, 2.24) is 19.9 Å². The van der Waals surface area contributed by atoms with E-state index in [0.29, 0.717) is 46.9 Å². The highest BCUT2D eigenvalue weighted by molar-refractivity contribution is 5.94. The minimum atomic E-state index is -0.201. The van der Waals surface area contributed by atoms with Gasteiger partial charge in [0.2, 0.25) is 0 Å². The molecule has 0 saturated heterocycles. The summed E-state index contributed by atoms with van der Waals surface area (Å²) in [7, 11) is 0. The molecule has 1 amide bonds. The topological polar surface area (TPSA) is 86.1 Å². The average Bonchev–Trinajstić information content (AvgIpc) is 2.82. The molecule has 4 rings (SSSR count). The molecule has 7 nitrogen and oxygen atoms in total. The van der Waals surface area contributed by atoms with Crippen LogP contribution in [0.1, 0.15) is 28.7 Å². The maximum absolute atomic E-state index is 13.3. The number of hydrogen-bond donors (Lipinski definition) is 1. The number of aryl methyl sites for hydroxylation is 1. The number of nitrogens with zero attached hydrogens (tertiary/aromatic N) is 3. The van der Waals surface area contributed by atoms with Crippen LogP contribution in [0.25, 0.3) is 16.6 Å². The molecule has 0 aliphatic carbocycles. The van der Waals surface area contributed by atoms with Crippen molar-refractivity contribution in [3.05, 3.63) is 106 Å². The van der Waals surface area contributed by atoms with E-state index in [1.165, 1.54) is 4.57 Å². The first kappa shape index (κ1) is 22.0. The maximum atomic E-state index is 13.3. The Labute approximate surface area is 191 Å². The lowest BCUT2D eigenvalue weighted by molar-refractivity contribution is 0.0951. The van der Waals surface area contributed by atoms with Crippen LogP contribution in [-0.2, 0) is 6.54 Å². The minimum Gasteiger partial charge on any atom is -0.489 e. The van der Waals surface area contributed by atoms with Crippen LogP contribution in [0.15, 0.2) is 83.9 Å². The second kappa shape index (κ2) is 9.48. The van der Waals surface area contributed by atoms with Gasteiger partial charge in [-0.25, -0.2) is 4.98 Å². The van der Waals surface area contributed by atoms with Gasteiger partial charge in [-0.05, 0) is 79.6 Å². The van der Waals surface area contributed by atoms with E-state index < -0.39 is 0 Å². The van der Waals surface area contributed by atoms with E-state index in [2.05, 4.69) is 21.9 Å². The number of nitrogens with one attached hydrogen (secondary N) is 1. The van der Waals surface area contributed by atoms with Gasteiger partial charge in [0.1, 0.15) is 18.2 Å². The summed E-state index contributed by atoms with van der Waals surface area (Å²) in [6.07, 6.45) is 3.37. The fourth-order valence-corrected chi connectivity index (χ4v) is 3.42. The van der Waals surface area contributed by atoms with E-state index >= 15 is 0 Å². The van der Waals surface area contributed by atoms with Crippen molar-refractivity contribution < 1.29 is 9.53 Å². The first-order chi connectivity index (χ1) is 15.9. The predicted octanol–water partition coefficient (Wildman–Crippen LogP) is 3.97. The van der Waals surface area contributed by atoms with Crippen molar-refractivity contribution in [2.75, 3.05) is 6.61 Å². The largest absolute Gasteiger partial charge is 0.489 e. The van der Waals surface area contributed by atoms with Gasteiger partial charge in [0.05, 0.1) is 16.6 Å². The highest BCUT2D eigenvalue weighted by Gasteiger charge is 2.12. The van der Waals surface area contributed by atoms with Crippen LogP contribution in [0.5, 0.6) is 5.75 Å². The third-order valence-corrected chi connectivity index (χ3v) is 5.08. The first-order valence-corrected chi connectivity index (χ1v) is 10.5. The number of rotatable bonds is 7. The van der Waals surface area contributed by atoms with E-state index in [-0.39, 0.29) is 11.5 Å². The fraction of sp³-hybridized carbons (Fsp3) is 0.154. The SMILES string of the molecule is C=C(C)COc1ccc2nc(C)n(-c3ccc(C(=O)NCc4ccncc4)cc3)c(=O)c2c1. The molecular weight excluding hydrogens is 416 g/mol. The summed E-state index contributed by atoms with van der Waals surface area (Å²) in [6, 6.07) is 15.8. The lowest BCUT2D eigenvalue weighted by Crippen LogP contribution is -2.24. The molecule has 0 bridgehead atoms. The smallest absolute Gasteiger partial charge is 0.266 e. The Morgan fingerprint density at radius 1 is 1.09 bits per heavy atom. The van der Waals surface area contributed by atoms with E-state index in [1.54, 1.807) is 61.8 Å². The summed E-state index contributed by atoms with van der Waals surface area (Å²) >= 11 is 0. The molecule has 0 radical (unpaired) electrons. The molecule has 0 saturated carbocycles. The van der Waals surface area contributed by atoms with Crippen molar-refractivity contribution in [2.24, 2.45) is 0 Å². The van der Waals surface area contributed by atoms with Crippen LogP contribution in [0, 0.1) is 6.92 Å². The average molecular weight is 441 g/mol. The molecule has 2 aromatic heterocycles. The number of fused-ring (bicyclic) bond motifs is 1. The van der Waals surface area contributed by atoms with Gasteiger partial charge in [-0.2, -0.15) is 0 Å². The van der Waals surface area contributed by atoms with Crippen LogP contribution < -0.4 is 15.6 Å². The summed E-state index contributed by atoms with van der Waals surface area (Å²) in [5.41, 5.74) is 3.38. The lowest BCUT2D eigenvalue weighted by Gasteiger charge is -2.13. The number of ether oxygens (including phenoxy) is 1. The zero-order valence-electron chi connectivity index (χ0n) is 18.5. The predicted molar refractivity (Wildman–Crippen MR) is 128 cm³/mol. The number of pyridine rings is 1. The van der Waals surface area contributed by atoms with Gasteiger partial charge >= 0.3 is 0 Å². The quantitative estimate of drug-likeness (QED) is 0.440.